The van der Waals surface area contributed by atoms with E-state index < -0.39 is 46.9 Å². The van der Waals surface area contributed by atoms with Crippen LogP contribution in [0.5, 0.6) is 40.2 Å². The summed E-state index contributed by atoms with van der Waals surface area (Å²) < 4.78 is 36.5. The second-order valence-corrected chi connectivity index (χ2v) is 16.9. The molecule has 0 amide bonds. The van der Waals surface area contributed by atoms with Gasteiger partial charge in [0.1, 0.15) is 18.4 Å². The summed E-state index contributed by atoms with van der Waals surface area (Å²) in [6, 6.07) is 5.22. The number of rotatable bonds is 6. The Morgan fingerprint density at radius 3 is 2.64 bits per heavy atom. The number of aromatic hydroxyl groups is 2. The van der Waals surface area contributed by atoms with Crippen molar-refractivity contribution in [2.75, 3.05) is 47.0 Å². The molecule has 15 heteroatoms. The summed E-state index contributed by atoms with van der Waals surface area (Å²) in [5.41, 5.74) is 4.37. The Bertz CT molecular complexity index is 2310. The second-order valence-electron chi connectivity index (χ2n) is 15.8. The van der Waals surface area contributed by atoms with Gasteiger partial charge in [0.05, 0.1) is 37.6 Å². The lowest BCUT2D eigenvalue weighted by Crippen LogP contribution is -2.69. The number of carbonyl (C=O) groups excluding carboxylic acids is 2. The predicted molar refractivity (Wildman–Crippen MR) is 212 cm³/mol. The van der Waals surface area contributed by atoms with Gasteiger partial charge in [0.2, 0.25) is 6.79 Å². The van der Waals surface area contributed by atoms with Gasteiger partial charge in [-0.3, -0.25) is 19.9 Å². The third kappa shape index (κ3) is 5.41. The third-order valence-electron chi connectivity index (χ3n) is 13.0. The Morgan fingerprint density at radius 2 is 1.90 bits per heavy atom. The van der Waals surface area contributed by atoms with Crippen LogP contribution in [0.2, 0.25) is 0 Å². The minimum Gasteiger partial charge on any atom is -0.504 e. The van der Waals surface area contributed by atoms with Crippen LogP contribution in [0, 0.1) is 25.2 Å². The van der Waals surface area contributed by atoms with Crippen molar-refractivity contribution in [2.45, 2.75) is 80.5 Å². The Balaban J connectivity index is 1.33. The summed E-state index contributed by atoms with van der Waals surface area (Å²) in [6.45, 7) is 7.70. The normalized spacial score (nSPS) is 28.0. The first-order chi connectivity index (χ1) is 28.0. The van der Waals surface area contributed by atoms with Crippen molar-refractivity contribution in [1.82, 2.24) is 15.1 Å². The number of hydrogen-bond donors (Lipinski definition) is 3. The van der Waals surface area contributed by atoms with Crippen molar-refractivity contribution in [3.8, 4) is 46.3 Å². The first-order valence-electron chi connectivity index (χ1n) is 19.5. The number of allylic oxidation sites excluding steroid dienone is 1. The van der Waals surface area contributed by atoms with Crippen LogP contribution in [0.3, 0.4) is 0 Å². The molecule has 10 rings (SSSR count). The summed E-state index contributed by atoms with van der Waals surface area (Å²) in [6.07, 6.45) is 3.22. The fourth-order valence-electron chi connectivity index (χ4n) is 10.4. The van der Waals surface area contributed by atoms with E-state index in [0.717, 1.165) is 16.7 Å². The minimum absolute atomic E-state index is 0.0268. The molecule has 0 aliphatic carbocycles. The molecule has 1 spiro atoms. The van der Waals surface area contributed by atoms with E-state index in [2.05, 4.69) is 27.8 Å². The van der Waals surface area contributed by atoms with E-state index in [9.17, 15) is 25.1 Å². The largest absolute Gasteiger partial charge is 0.504 e. The lowest BCUT2D eigenvalue weighted by Gasteiger charge is -2.62. The number of aryl methyl sites for hydroxylation is 1. The maximum absolute atomic E-state index is 14.8. The molecule has 58 heavy (non-hydrogen) atoms. The molecule has 3 aromatic rings. The molecular weight excluding hydrogens is 765 g/mol. The Labute approximate surface area is 340 Å². The smallest absolute Gasteiger partial charge is 0.331 e. The number of esters is 2. The van der Waals surface area contributed by atoms with Crippen LogP contribution >= 0.6 is 11.8 Å². The van der Waals surface area contributed by atoms with Crippen LogP contribution < -0.4 is 29.0 Å². The zero-order valence-corrected chi connectivity index (χ0v) is 33.9. The van der Waals surface area contributed by atoms with Crippen LogP contribution in [-0.4, -0.2) is 97.0 Å². The van der Waals surface area contributed by atoms with Gasteiger partial charge >= 0.3 is 11.9 Å². The third-order valence-corrected chi connectivity index (χ3v) is 14.4. The van der Waals surface area contributed by atoms with E-state index in [0.29, 0.717) is 76.6 Å². The summed E-state index contributed by atoms with van der Waals surface area (Å²) in [5, 5.41) is 37.1. The number of nitriles is 1. The molecule has 1 unspecified atom stereocenters. The quantitative estimate of drug-likeness (QED) is 0.174. The number of fused-ring (bicyclic) bond motifs is 9. The molecule has 7 heterocycles. The topological polar surface area (TPSA) is 172 Å². The molecule has 7 aliphatic rings. The number of piperazine rings is 1. The molecule has 0 aromatic heterocycles. The van der Waals surface area contributed by atoms with Crippen LogP contribution in [0.25, 0.3) is 0 Å². The number of nitrogens with zero attached hydrogens (tertiary/aromatic N) is 3. The molecule has 7 atom stereocenters. The lowest BCUT2D eigenvalue weighted by molar-refractivity contribution is -0.157. The van der Waals surface area contributed by atoms with Gasteiger partial charge in [0.15, 0.2) is 40.0 Å². The fourth-order valence-corrected chi connectivity index (χ4v) is 12.1. The molecule has 0 saturated carbocycles. The van der Waals surface area contributed by atoms with E-state index in [1.807, 2.05) is 27.0 Å². The van der Waals surface area contributed by atoms with Gasteiger partial charge in [0.25, 0.3) is 0 Å². The van der Waals surface area contributed by atoms with Crippen molar-refractivity contribution >= 4 is 23.7 Å². The minimum atomic E-state index is -1.38. The Hall–Kier alpha value is -5.14. The highest BCUT2D eigenvalue weighted by Crippen LogP contribution is 2.64. The van der Waals surface area contributed by atoms with Crippen molar-refractivity contribution in [3.05, 3.63) is 75.4 Å². The molecule has 3 N–H and O–H groups in total. The maximum Gasteiger partial charge on any atom is 0.331 e. The fraction of sp³-hybridized carbons (Fsp3) is 0.465. The Morgan fingerprint density at radius 1 is 1.10 bits per heavy atom. The molecule has 0 radical (unpaired) electrons. The van der Waals surface area contributed by atoms with Crippen molar-refractivity contribution in [3.63, 3.8) is 0 Å². The first-order valence-corrected chi connectivity index (χ1v) is 20.5. The van der Waals surface area contributed by atoms with Crippen molar-refractivity contribution in [2.24, 2.45) is 0 Å². The van der Waals surface area contributed by atoms with Gasteiger partial charge in [-0.15, -0.1) is 18.3 Å². The SMILES string of the molecule is C=CCCC(=O)Oc1c(C)c2c(c3c1[C@H]1SC[C@]4(NCCc5cc(O)c(OC)cc54)C(=O)OC[C@@H]3N3C1[C@@H]1c4c(cc(C)c(OC)c4O)C[C@@H]([C@@H]3C#N)N1C)OCO2. The van der Waals surface area contributed by atoms with Crippen molar-refractivity contribution in [1.29, 1.82) is 5.26 Å². The van der Waals surface area contributed by atoms with Gasteiger partial charge in [-0.2, -0.15) is 5.26 Å². The number of phenols is 2. The van der Waals surface area contributed by atoms with E-state index in [1.54, 1.807) is 18.2 Å². The standard InChI is InChI=1S/C43H46N4O10S/c1-7-8-9-30(49)57-38-21(3)39-40(56-19-55-39)32-27-17-54-42(51)43(24-15-29(52-5)28(48)14-22(24)10-11-45-43)18-58-41(33(32)38)35-34-31-23(12-20(2)37(53-6)36(31)50)13-25(46(34)4)26(16-44)47(27)35/h7,12,14-15,25-27,34-35,41,45,48,50H,1,8-11,13,17-19H2,2-6H3/t25-,26-,27-,34-,35?,41+,43+/m0/s1. The highest BCUT2D eigenvalue weighted by molar-refractivity contribution is 7.99. The van der Waals surface area contributed by atoms with E-state index in [1.165, 1.54) is 26.0 Å². The van der Waals surface area contributed by atoms with Gasteiger partial charge in [-0.1, -0.05) is 12.1 Å². The second kappa shape index (κ2) is 14.3. The number of phenolic OH excluding ortho intramolecular Hbond substituents is 2. The maximum atomic E-state index is 14.8. The van der Waals surface area contributed by atoms with E-state index in [4.69, 9.17) is 28.4 Å². The van der Waals surface area contributed by atoms with Gasteiger partial charge in [0, 0.05) is 53.1 Å². The molecule has 14 nitrogen and oxygen atoms in total. The molecular formula is C43H46N4O10S. The van der Waals surface area contributed by atoms with Crippen LogP contribution in [0.15, 0.2) is 30.9 Å². The van der Waals surface area contributed by atoms with E-state index in [-0.39, 0.29) is 48.9 Å². The average molecular weight is 811 g/mol. The molecule has 4 bridgehead atoms. The van der Waals surface area contributed by atoms with Crippen molar-refractivity contribution < 1.29 is 48.2 Å². The van der Waals surface area contributed by atoms with Crippen LogP contribution in [0.4, 0.5) is 0 Å². The molecule has 2 fully saturated rings. The summed E-state index contributed by atoms with van der Waals surface area (Å²) in [5.74, 6) is 1.01. The number of nitrogens with one attached hydrogen (secondary N) is 1. The first kappa shape index (κ1) is 38.4. The number of ether oxygens (including phenoxy) is 6. The highest BCUT2D eigenvalue weighted by atomic mass is 32.2. The summed E-state index contributed by atoms with van der Waals surface area (Å²) >= 11 is 1.48. The predicted octanol–water partition coefficient (Wildman–Crippen LogP) is 4.93. The zero-order valence-electron chi connectivity index (χ0n) is 33.0. The van der Waals surface area contributed by atoms with Crippen LogP contribution in [-0.2, 0) is 32.7 Å². The monoisotopic (exact) mass is 810 g/mol. The number of thioether (sulfide) groups is 1. The number of benzene rings is 3. The zero-order chi connectivity index (χ0) is 40.8. The molecule has 2 saturated heterocycles. The summed E-state index contributed by atoms with van der Waals surface area (Å²) in [4.78, 5) is 32.8. The average Bonchev–Trinajstić information content (AvgIpc) is 3.70. The number of methoxy groups -OCH3 is 2. The molecule has 7 aliphatic heterocycles. The lowest BCUT2D eigenvalue weighted by atomic mass is 9.71. The number of likely N-dealkylation sites (N-methyl/N-ethyl adjacent to an activating group) is 1. The van der Waals surface area contributed by atoms with Gasteiger partial charge in [-0.05, 0) is 74.5 Å². The number of hydrogen-bond acceptors (Lipinski definition) is 15. The van der Waals surface area contributed by atoms with Crippen LogP contribution in [0.1, 0.15) is 74.7 Å². The number of carbonyl (C=O) groups is 2. The summed E-state index contributed by atoms with van der Waals surface area (Å²) in [7, 11) is 4.99. The highest BCUT2D eigenvalue weighted by Gasteiger charge is 2.62. The molecule has 3 aromatic carbocycles. The van der Waals surface area contributed by atoms with E-state index >= 15 is 0 Å². The molecule has 304 valence electrons. The van der Waals surface area contributed by atoms with Gasteiger partial charge < -0.3 is 38.6 Å². The Kier molecular flexibility index (Phi) is 9.46. The van der Waals surface area contributed by atoms with Gasteiger partial charge in [-0.25, -0.2) is 4.79 Å².